The Morgan fingerprint density at radius 3 is 1.08 bits per heavy atom. The number of aliphatic carboxylic acids is 1. The van der Waals surface area contributed by atoms with Crippen LogP contribution < -0.4 is 74.6 Å². The molecule has 1 aliphatic heterocycles. The minimum Gasteiger partial charge on any atom is -0.482 e. The summed E-state index contributed by atoms with van der Waals surface area (Å²) in [5.41, 5.74) is -0.126. The molecule has 11 amide bonds. The van der Waals surface area contributed by atoms with E-state index in [0.717, 1.165) is 109 Å². The van der Waals surface area contributed by atoms with E-state index in [0.29, 0.717) is 5.56 Å². The number of carboxylic acids is 1. The number of methoxy groups -OCH3 is 1. The summed E-state index contributed by atoms with van der Waals surface area (Å²) < 4.78 is 271. The Morgan fingerprint density at radius 1 is 0.373 bits per heavy atom. The Bertz CT molecular complexity index is 6510. The molecule has 0 spiro atoms. The van der Waals surface area contributed by atoms with Crippen LogP contribution in [0.15, 0.2) is 152 Å². The van der Waals surface area contributed by atoms with Crippen LogP contribution in [0.3, 0.4) is 0 Å². The lowest BCUT2D eigenvalue weighted by Gasteiger charge is -2.28. The summed E-state index contributed by atoms with van der Waals surface area (Å²) >= 11 is 0. The molecule has 7 rings (SSSR count). The lowest BCUT2D eigenvalue weighted by Crippen LogP contribution is -2.61. The first kappa shape index (κ1) is 115. The van der Waals surface area contributed by atoms with E-state index in [2.05, 4.69) is 60.6 Å². The van der Waals surface area contributed by atoms with Gasteiger partial charge in [-0.1, -0.05) is 105 Å². The molecule has 1 heterocycles. The molecule has 0 radical (unpaired) electrons. The number of likely N-dealkylation sites (tertiary alicyclic amines) is 1. The molecule has 57 nitrogen and oxygen atoms in total. The molecule has 0 aromatic heterocycles. The van der Waals surface area contributed by atoms with Gasteiger partial charge < -0.3 is 97.7 Å². The maximum absolute atomic E-state index is 15.1. The van der Waals surface area contributed by atoms with Crippen molar-refractivity contribution >= 4 is 167 Å². The zero-order valence-corrected chi connectivity index (χ0v) is 79.1. The maximum Gasteiger partial charge on any atom is 0.448 e. The third-order valence-corrected chi connectivity index (χ3v) is 22.0. The Balaban J connectivity index is 1.22. The zero-order chi connectivity index (χ0) is 106. The molecule has 0 aliphatic carbocycles. The van der Waals surface area contributed by atoms with Crippen LogP contribution in [0, 0.1) is 5.92 Å². The predicted octanol–water partition coefficient (Wildman–Crippen LogP) is -4.11. The summed E-state index contributed by atoms with van der Waals surface area (Å²) in [6.07, 6.45) is -7.45. The van der Waals surface area contributed by atoms with E-state index in [1.807, 2.05) is 26.6 Å². The molecule has 0 unspecified atom stereocenters. The molecule has 0 bridgehead atoms. The number of esters is 1. The molecule has 6 aromatic rings. The van der Waals surface area contributed by atoms with Crippen molar-refractivity contribution in [3.05, 3.63) is 179 Å². The van der Waals surface area contributed by atoms with Gasteiger partial charge in [-0.05, 0) is 114 Å². The van der Waals surface area contributed by atoms with Gasteiger partial charge in [-0.2, -0.15) is 58.9 Å². The molecule has 18 N–H and O–H groups in total. The highest BCUT2D eigenvalue weighted by Crippen LogP contribution is 2.27. The van der Waals surface area contributed by atoms with E-state index in [1.165, 1.54) is 38.1 Å². The monoisotopic (exact) mass is 2140 g/mol. The first-order chi connectivity index (χ1) is 66.0. The lowest BCUT2D eigenvalue weighted by atomic mass is 10.0. The molecule has 1 saturated heterocycles. The van der Waals surface area contributed by atoms with E-state index in [4.69, 9.17) is 9.29 Å². The van der Waals surface area contributed by atoms with Gasteiger partial charge in [-0.15, -0.1) is 0 Å². The number of ether oxygens (including phenoxy) is 2. The third kappa shape index (κ3) is 41.2. The SMILES string of the molecule is COC(=O)C(=O)N1CCC[C@H]1C(=O)N[C@H](Cc1ccccc1)C(=O)Nc1ccccc1OCC(=O)N[C@@H](Cc1ccc(OS(=O)(=O)O)cc1)C(=O)N[C@@H](COS(=O)(=O)O)C(=O)N[C@@H](Cc1ccc(OS(=O)(=O)O)cc1)C(=O)N[C@@H](CC(=O)OS(=O)(=O)O)C(=O)N[C@@H](CC(C)C)C(=O)N[C@@H](CC(=O)OS(=O)(=O)O)C(=O)N[C@@H](Cc1ccc(OS(=O)(=O)O)cc1)C(=O)N[C@@H](Cc1ccc(OS(=O)(=O)O)cc1)C(=O)O. The predicted molar refractivity (Wildman–Crippen MR) is 473 cm³/mol. The number of hydrogen-bond donors (Lipinski definition) is 18. The lowest BCUT2D eigenvalue weighted by molar-refractivity contribution is -0.159. The fourth-order valence-corrected chi connectivity index (χ4v) is 15.4. The second-order valence-corrected chi connectivity index (χ2v) is 37.7. The average molecular weight is 2140 g/mol. The van der Waals surface area contributed by atoms with E-state index in [-0.39, 0.29) is 59.5 Å². The van der Waals surface area contributed by atoms with Crippen LogP contribution in [0.1, 0.15) is 73.8 Å². The van der Waals surface area contributed by atoms with Gasteiger partial charge in [-0.25, -0.2) is 13.8 Å². The molecular weight excluding hydrogens is 2050 g/mol. The second-order valence-electron chi connectivity index (χ2n) is 30.5. The number of carbonyl (C=O) groups is 15. The Hall–Kier alpha value is -14.3. The standard InChI is InChI=1S/C78H89N11O46S7/c1-42(2)32-53(67(93)84-59(39-66(92)135-142(124,125)126)73(99)82-56(36-46-19-27-50(28-20-46)132-139(115,116)117)71(97)87-60(77(103)104)37-47-21-29-51(30-22-47)133-140(118,119)120)81-72(98)58(38-65(91)134-141(121,122)123)85-70(96)55(35-45-17-25-49(26-18-45)131-138(112,113)114)83-74(100)61(40-129-136(106,107)108)88-68(94)54(34-44-15-23-48(24-16-44)130-137(109,110)111)79-64(90)41-128-63-14-8-7-12-52(63)80-69(95)57(33-43-10-5-4-6-11-43)86-75(101)62-13-9-31-89(62)76(102)78(105)127-3/h4-8,10-12,14-30,42,53-62H,9,13,31-41H2,1-3H3,(H,79,90)(H,80,95)(H,81,98)(H,82,99)(H,83,100)(H,84,93)(H,85,96)(H,86,101)(H,87,97)(H,88,94)(H,103,104)(H,106,107,108)(H,109,110,111)(H,112,113,114)(H,115,116,117)(H,118,119,120)(H,121,122,123)(H,124,125,126)/t53-,54-,55-,56-,57+,58-,59-,60-,61-,62-/m0/s1. The van der Waals surface area contributed by atoms with Gasteiger partial charge >= 0.3 is 103 Å². The quantitative estimate of drug-likeness (QED) is 0.00980. The molecule has 0 saturated carbocycles. The minimum absolute atomic E-state index is 0.00184. The van der Waals surface area contributed by atoms with Crippen LogP contribution in [-0.4, -0.2) is 277 Å². The van der Waals surface area contributed by atoms with E-state index in [1.54, 1.807) is 30.3 Å². The van der Waals surface area contributed by atoms with Crippen LogP contribution in [0.25, 0.3) is 0 Å². The molecule has 1 fully saturated rings. The summed E-state index contributed by atoms with van der Waals surface area (Å²) in [6, 6.07) is 6.77. The summed E-state index contributed by atoms with van der Waals surface area (Å²) in [6.45, 7) is -0.236. The van der Waals surface area contributed by atoms with Crippen molar-refractivity contribution in [3.8, 4) is 28.7 Å². The van der Waals surface area contributed by atoms with Crippen LogP contribution in [0.5, 0.6) is 28.7 Å². The van der Waals surface area contributed by atoms with Crippen molar-refractivity contribution in [2.24, 2.45) is 5.92 Å². The largest absolute Gasteiger partial charge is 0.482 e. The second kappa shape index (κ2) is 50.7. The summed E-state index contributed by atoms with van der Waals surface area (Å²) in [4.78, 5) is 212. The first-order valence-electron chi connectivity index (χ1n) is 40.5. The van der Waals surface area contributed by atoms with Crippen molar-refractivity contribution < 1.29 is 207 Å². The number of carboxylic acid groups (broad SMARTS) is 1. The number of nitrogens with zero attached hydrogens (tertiary/aromatic N) is 1. The van der Waals surface area contributed by atoms with E-state index >= 15 is 4.79 Å². The number of anilines is 1. The van der Waals surface area contributed by atoms with Crippen molar-refractivity contribution in [3.63, 3.8) is 0 Å². The molecular formula is C78H89N11O46S7. The van der Waals surface area contributed by atoms with Crippen LogP contribution in [0.4, 0.5) is 5.69 Å². The highest BCUT2D eigenvalue weighted by Gasteiger charge is 2.42. The Morgan fingerprint density at radius 2 is 0.704 bits per heavy atom. The number of hydrogen-bond acceptors (Lipinski definition) is 38. The molecule has 10 atom stereocenters. The Labute approximate surface area is 806 Å². The van der Waals surface area contributed by atoms with Crippen molar-refractivity contribution in [2.75, 3.05) is 32.2 Å². The molecule has 774 valence electrons. The number of para-hydroxylation sites is 2. The highest BCUT2D eigenvalue weighted by molar-refractivity contribution is 7.82. The van der Waals surface area contributed by atoms with Gasteiger partial charge in [0.2, 0.25) is 53.2 Å². The van der Waals surface area contributed by atoms with Crippen molar-refractivity contribution in [2.45, 2.75) is 138 Å². The van der Waals surface area contributed by atoms with Crippen LogP contribution in [0.2, 0.25) is 0 Å². The first-order valence-corrected chi connectivity index (χ1v) is 50.0. The fraction of sp³-hybridized carbons (Fsp3) is 0.346. The average Bonchev–Trinajstić information content (AvgIpc) is 1.80. The number of amides is 11. The fourth-order valence-electron chi connectivity index (χ4n) is 13.1. The van der Waals surface area contributed by atoms with Crippen molar-refractivity contribution in [1.82, 2.24) is 52.8 Å². The van der Waals surface area contributed by atoms with Gasteiger partial charge in [0.1, 0.15) is 89.2 Å². The van der Waals surface area contributed by atoms with Gasteiger partial charge in [0.25, 0.3) is 5.91 Å². The number of carbonyl (C=O) groups excluding carboxylic acids is 14. The summed E-state index contributed by atoms with van der Waals surface area (Å²) in [7, 11) is -37.3. The zero-order valence-electron chi connectivity index (χ0n) is 73.4. The topological polar surface area (TPSA) is 863 Å². The number of nitrogens with one attached hydrogen (secondary N) is 10. The normalized spacial score (nSPS) is 14.8. The summed E-state index contributed by atoms with van der Waals surface area (Å²) in [5.74, 6) is -27.0. The number of rotatable bonds is 52. The van der Waals surface area contributed by atoms with Crippen molar-refractivity contribution in [1.29, 1.82) is 0 Å². The van der Waals surface area contributed by atoms with Crippen LogP contribution >= 0.6 is 0 Å². The summed E-state index contributed by atoms with van der Waals surface area (Å²) in [5, 5.41) is 31.8. The molecule has 1 aliphatic rings. The highest BCUT2D eigenvalue weighted by atomic mass is 32.3. The van der Waals surface area contributed by atoms with Crippen LogP contribution in [-0.2, 0) is 194 Å². The van der Waals surface area contributed by atoms with Gasteiger partial charge in [0, 0.05) is 38.6 Å². The van der Waals surface area contributed by atoms with E-state index < -0.39 is 309 Å². The van der Waals surface area contributed by atoms with Gasteiger partial charge in [-0.3, -0.25) is 94.2 Å². The smallest absolute Gasteiger partial charge is 0.448 e. The Kier molecular flexibility index (Phi) is 40.9. The third-order valence-electron chi connectivity index (χ3n) is 19.1. The van der Waals surface area contributed by atoms with E-state index in [9.17, 15) is 158 Å². The number of benzene rings is 6. The van der Waals surface area contributed by atoms with Gasteiger partial charge in [0.15, 0.2) is 6.61 Å². The van der Waals surface area contributed by atoms with Gasteiger partial charge in [0.05, 0.1) is 32.2 Å². The maximum atomic E-state index is 15.1. The molecule has 142 heavy (non-hydrogen) atoms. The molecule has 6 aromatic carbocycles. The minimum atomic E-state index is -5.92. The molecule has 64 heteroatoms.